The van der Waals surface area contributed by atoms with Crippen molar-refractivity contribution in [1.82, 2.24) is 29.5 Å². The Morgan fingerprint density at radius 1 is 1.19 bits per heavy atom. The quantitative estimate of drug-likeness (QED) is 0.488. The molecule has 5 aromatic rings. The highest BCUT2D eigenvalue weighted by molar-refractivity contribution is 7.13. The number of nitrogens with zero attached hydrogens (tertiary/aromatic N) is 5. The first kappa shape index (κ1) is 15.7. The van der Waals surface area contributed by atoms with Gasteiger partial charge in [0.05, 0.1) is 22.9 Å². The maximum Gasteiger partial charge on any atom is 0.236 e. The van der Waals surface area contributed by atoms with Crippen molar-refractivity contribution in [2.45, 2.75) is 6.54 Å². The van der Waals surface area contributed by atoms with Crippen molar-refractivity contribution in [2.24, 2.45) is 0 Å². The summed E-state index contributed by atoms with van der Waals surface area (Å²) in [4.78, 5) is 21.8. The molecule has 4 aromatic heterocycles. The summed E-state index contributed by atoms with van der Waals surface area (Å²) in [6.45, 7) is 0.640. The van der Waals surface area contributed by atoms with E-state index in [9.17, 15) is 0 Å². The van der Waals surface area contributed by atoms with Gasteiger partial charge < -0.3 is 10.3 Å². The van der Waals surface area contributed by atoms with Gasteiger partial charge in [0.1, 0.15) is 12.1 Å². The summed E-state index contributed by atoms with van der Waals surface area (Å²) in [5.74, 6) is 1.37. The lowest BCUT2D eigenvalue weighted by Crippen LogP contribution is -2.07. The van der Waals surface area contributed by atoms with Crippen molar-refractivity contribution in [3.63, 3.8) is 0 Å². The molecule has 0 aliphatic heterocycles. The maximum atomic E-state index is 4.72. The zero-order valence-electron chi connectivity index (χ0n) is 14.2. The molecule has 8 heteroatoms. The van der Waals surface area contributed by atoms with E-state index in [0.29, 0.717) is 12.5 Å². The third-order valence-corrected chi connectivity index (χ3v) is 5.15. The van der Waals surface area contributed by atoms with Gasteiger partial charge in [-0.1, -0.05) is 12.1 Å². The summed E-state index contributed by atoms with van der Waals surface area (Å²) in [7, 11) is 0. The maximum absolute atomic E-state index is 4.72. The van der Waals surface area contributed by atoms with E-state index in [1.165, 1.54) is 0 Å². The highest BCUT2D eigenvalue weighted by Gasteiger charge is 2.11. The second-order valence-corrected chi connectivity index (χ2v) is 6.93. The van der Waals surface area contributed by atoms with Gasteiger partial charge in [-0.3, -0.25) is 4.57 Å². The molecule has 0 saturated carbocycles. The molecule has 0 unspecified atom stereocenters. The number of hydrogen-bond acceptors (Lipinski definition) is 6. The zero-order valence-corrected chi connectivity index (χ0v) is 15.0. The number of aromatic amines is 1. The van der Waals surface area contributed by atoms with Crippen LogP contribution < -0.4 is 5.32 Å². The normalized spacial score (nSPS) is 11.1. The van der Waals surface area contributed by atoms with E-state index in [1.807, 2.05) is 29.9 Å². The fraction of sp³-hybridized carbons (Fsp3) is 0.0526. The molecule has 27 heavy (non-hydrogen) atoms. The van der Waals surface area contributed by atoms with Crippen molar-refractivity contribution < 1.29 is 0 Å². The van der Waals surface area contributed by atoms with Gasteiger partial charge in [0.25, 0.3) is 0 Å². The third-order valence-electron chi connectivity index (χ3n) is 4.24. The van der Waals surface area contributed by atoms with E-state index in [4.69, 9.17) is 4.98 Å². The molecule has 1 aromatic carbocycles. The lowest BCUT2D eigenvalue weighted by molar-refractivity contribution is 0.923. The molecule has 5 rings (SSSR count). The average Bonchev–Trinajstić information content (AvgIpc) is 3.48. The fourth-order valence-corrected chi connectivity index (χ4v) is 3.63. The van der Waals surface area contributed by atoms with Crippen LogP contribution in [0.5, 0.6) is 0 Å². The second kappa shape index (κ2) is 6.65. The van der Waals surface area contributed by atoms with Crippen LogP contribution in [0, 0.1) is 0 Å². The van der Waals surface area contributed by atoms with Crippen molar-refractivity contribution >= 4 is 28.2 Å². The summed E-state index contributed by atoms with van der Waals surface area (Å²) in [6.07, 6.45) is 8.79. The number of H-pyrrole nitrogens is 1. The van der Waals surface area contributed by atoms with Crippen LogP contribution in [0.3, 0.4) is 0 Å². The van der Waals surface area contributed by atoms with Crippen molar-refractivity contribution in [3.05, 3.63) is 72.5 Å². The van der Waals surface area contributed by atoms with E-state index in [0.717, 1.165) is 32.9 Å². The Morgan fingerprint density at radius 2 is 2.19 bits per heavy atom. The van der Waals surface area contributed by atoms with Gasteiger partial charge in [0.2, 0.25) is 5.95 Å². The number of aromatic nitrogens is 6. The molecular formula is C19H15N7S. The molecule has 132 valence electrons. The number of anilines is 1. The summed E-state index contributed by atoms with van der Waals surface area (Å²) in [5, 5.41) is 5.51. The molecule has 0 fully saturated rings. The summed E-state index contributed by atoms with van der Waals surface area (Å²) < 4.78 is 1.79. The molecule has 0 aliphatic rings. The van der Waals surface area contributed by atoms with E-state index < -0.39 is 0 Å². The predicted octanol–water partition coefficient (Wildman–Crippen LogP) is 3.88. The van der Waals surface area contributed by atoms with Gasteiger partial charge in [0.15, 0.2) is 0 Å². The first-order chi connectivity index (χ1) is 13.4. The summed E-state index contributed by atoms with van der Waals surface area (Å²) in [6, 6.07) is 10.3. The third kappa shape index (κ3) is 3.06. The molecule has 0 bridgehead atoms. The number of hydrogen-bond donors (Lipinski definition) is 2. The Bertz CT molecular complexity index is 1180. The van der Waals surface area contributed by atoms with Crippen molar-refractivity contribution in [1.29, 1.82) is 0 Å². The summed E-state index contributed by atoms with van der Waals surface area (Å²) >= 11 is 1.66. The van der Waals surface area contributed by atoms with E-state index in [-0.39, 0.29) is 0 Å². The number of fused-ring (bicyclic) bond motifs is 1. The minimum absolute atomic E-state index is 0.582. The number of thiophene rings is 1. The molecule has 0 radical (unpaired) electrons. The van der Waals surface area contributed by atoms with Gasteiger partial charge in [0, 0.05) is 30.0 Å². The lowest BCUT2D eigenvalue weighted by atomic mass is 10.2. The largest absolute Gasteiger partial charge is 0.365 e. The second-order valence-electron chi connectivity index (χ2n) is 5.99. The molecule has 0 amide bonds. The monoisotopic (exact) mass is 373 g/mol. The molecule has 0 atom stereocenters. The van der Waals surface area contributed by atoms with Gasteiger partial charge in [-0.05, 0) is 29.1 Å². The first-order valence-electron chi connectivity index (χ1n) is 8.42. The highest BCUT2D eigenvalue weighted by Crippen LogP contribution is 2.30. The molecule has 0 aliphatic carbocycles. The van der Waals surface area contributed by atoms with Gasteiger partial charge >= 0.3 is 0 Å². The fourth-order valence-electron chi connectivity index (χ4n) is 2.89. The van der Waals surface area contributed by atoms with Crippen LogP contribution in [-0.4, -0.2) is 29.5 Å². The minimum atomic E-state index is 0.582. The topological polar surface area (TPSA) is 84.3 Å². The van der Waals surface area contributed by atoms with Crippen LogP contribution in [0.15, 0.2) is 67.0 Å². The van der Waals surface area contributed by atoms with Gasteiger partial charge in [-0.2, -0.15) is 4.98 Å². The molecular weight excluding hydrogens is 358 g/mol. The Kier molecular flexibility index (Phi) is 3.87. The molecule has 0 saturated heterocycles. The Labute approximate surface area is 158 Å². The predicted molar refractivity (Wildman–Crippen MR) is 106 cm³/mol. The van der Waals surface area contributed by atoms with Crippen LogP contribution in [0.4, 0.5) is 5.82 Å². The highest BCUT2D eigenvalue weighted by atomic mass is 32.1. The van der Waals surface area contributed by atoms with Crippen LogP contribution in [0.1, 0.15) is 5.56 Å². The van der Waals surface area contributed by atoms with E-state index in [2.05, 4.69) is 43.5 Å². The zero-order chi connectivity index (χ0) is 18.1. The molecule has 4 heterocycles. The lowest BCUT2D eigenvalue weighted by Gasteiger charge is -2.12. The Morgan fingerprint density at radius 3 is 3.04 bits per heavy atom. The van der Waals surface area contributed by atoms with Crippen LogP contribution in [0.2, 0.25) is 0 Å². The standard InChI is InChI=1S/C19H15N7S/c1-2-17(27-7-1)14-10-22-19(26-6-5-20-12-26)25-18(14)21-9-13-3-4-15-16(8-13)24-11-23-15/h1-8,10-12H,9H2,(H,23,24)(H,21,22,25). The van der Waals surface area contributed by atoms with E-state index >= 15 is 0 Å². The number of benzene rings is 1. The Hall–Kier alpha value is -3.52. The van der Waals surface area contributed by atoms with E-state index in [1.54, 1.807) is 34.8 Å². The smallest absolute Gasteiger partial charge is 0.236 e. The SMILES string of the molecule is c1csc(-c2cnc(-n3ccnc3)nc2NCc2ccc3[nH]cnc3c2)c1. The van der Waals surface area contributed by atoms with Crippen LogP contribution >= 0.6 is 11.3 Å². The molecule has 2 N–H and O–H groups in total. The van der Waals surface area contributed by atoms with Crippen LogP contribution in [-0.2, 0) is 6.54 Å². The van der Waals surface area contributed by atoms with Gasteiger partial charge in [-0.15, -0.1) is 11.3 Å². The van der Waals surface area contributed by atoms with Crippen molar-refractivity contribution in [2.75, 3.05) is 5.32 Å². The average molecular weight is 373 g/mol. The molecule has 7 nitrogen and oxygen atoms in total. The number of imidazole rings is 2. The van der Waals surface area contributed by atoms with Gasteiger partial charge in [-0.25, -0.2) is 15.0 Å². The number of nitrogens with one attached hydrogen (secondary N) is 2. The molecule has 0 spiro atoms. The summed E-state index contributed by atoms with van der Waals surface area (Å²) in [5.41, 5.74) is 4.10. The minimum Gasteiger partial charge on any atom is -0.365 e. The number of rotatable bonds is 5. The first-order valence-corrected chi connectivity index (χ1v) is 9.30. The van der Waals surface area contributed by atoms with Crippen LogP contribution in [0.25, 0.3) is 27.4 Å². The Balaban J connectivity index is 1.49. The van der Waals surface area contributed by atoms with Crippen molar-refractivity contribution in [3.8, 4) is 16.4 Å².